The third kappa shape index (κ3) is 1.86. The fourth-order valence-corrected chi connectivity index (χ4v) is 2.67. The second-order valence-corrected chi connectivity index (χ2v) is 4.37. The molecule has 14 heavy (non-hydrogen) atoms. The van der Waals surface area contributed by atoms with E-state index in [1.165, 1.54) is 6.07 Å². The maximum absolute atomic E-state index is 13.0. The molecule has 76 valence electrons. The lowest BCUT2D eigenvalue weighted by Crippen LogP contribution is -2.33. The number of anilines is 1. The molecule has 1 aliphatic rings. The maximum Gasteiger partial charge on any atom is 0.125 e. The van der Waals surface area contributed by atoms with Crippen molar-refractivity contribution in [2.45, 2.75) is 4.90 Å². The molecule has 2 rings (SSSR count). The summed E-state index contributed by atoms with van der Waals surface area (Å²) in [7, 11) is 0. The smallest absolute Gasteiger partial charge is 0.125 e. The van der Waals surface area contributed by atoms with Crippen LogP contribution in [0.4, 0.5) is 10.1 Å². The van der Waals surface area contributed by atoms with Gasteiger partial charge in [0.15, 0.2) is 0 Å². The summed E-state index contributed by atoms with van der Waals surface area (Å²) in [5, 5.41) is 0. The minimum absolute atomic E-state index is 0.173. The van der Waals surface area contributed by atoms with Crippen LogP contribution in [0, 0.1) is 5.82 Å². The molecule has 2 nitrogen and oxygen atoms in total. The van der Waals surface area contributed by atoms with Crippen molar-refractivity contribution in [3.63, 3.8) is 0 Å². The fourth-order valence-electron chi connectivity index (χ4n) is 1.63. The lowest BCUT2D eigenvalue weighted by Gasteiger charge is -2.30. The van der Waals surface area contributed by atoms with E-state index in [-0.39, 0.29) is 5.82 Å². The lowest BCUT2D eigenvalue weighted by molar-refractivity contribution is 0.624. The molecule has 0 aliphatic carbocycles. The zero-order valence-electron chi connectivity index (χ0n) is 7.87. The van der Waals surface area contributed by atoms with Crippen molar-refractivity contribution < 1.29 is 4.39 Å². The van der Waals surface area contributed by atoms with Gasteiger partial charge in [-0.3, -0.25) is 0 Å². The standard InChI is InChI=1S/C10H13FN2S/c11-8-1-2-10-9(7-8)13(4-3-12)5-6-14-10/h1-2,7H,3-6,12H2. The number of nitrogens with two attached hydrogens (primary N) is 1. The van der Waals surface area contributed by atoms with Crippen LogP contribution >= 0.6 is 11.8 Å². The monoisotopic (exact) mass is 212 g/mol. The van der Waals surface area contributed by atoms with Crippen LogP contribution in [0.3, 0.4) is 0 Å². The summed E-state index contributed by atoms with van der Waals surface area (Å²) < 4.78 is 13.0. The van der Waals surface area contributed by atoms with E-state index in [9.17, 15) is 4.39 Å². The zero-order chi connectivity index (χ0) is 9.97. The van der Waals surface area contributed by atoms with Crippen molar-refractivity contribution >= 4 is 17.4 Å². The Kier molecular flexibility index (Phi) is 2.93. The van der Waals surface area contributed by atoms with Crippen LogP contribution in [-0.4, -0.2) is 25.4 Å². The first-order valence-electron chi connectivity index (χ1n) is 4.68. The Labute approximate surface area is 87.3 Å². The van der Waals surface area contributed by atoms with Gasteiger partial charge in [0.2, 0.25) is 0 Å². The Morgan fingerprint density at radius 3 is 3.14 bits per heavy atom. The molecule has 0 atom stereocenters. The first-order chi connectivity index (χ1) is 6.81. The minimum Gasteiger partial charge on any atom is -0.368 e. The van der Waals surface area contributed by atoms with Crippen LogP contribution < -0.4 is 10.6 Å². The van der Waals surface area contributed by atoms with Crippen LogP contribution in [0.25, 0.3) is 0 Å². The van der Waals surface area contributed by atoms with Crippen LogP contribution in [0.15, 0.2) is 23.1 Å². The number of fused-ring (bicyclic) bond motifs is 1. The highest BCUT2D eigenvalue weighted by molar-refractivity contribution is 7.99. The average Bonchev–Trinajstić information content (AvgIpc) is 2.19. The summed E-state index contributed by atoms with van der Waals surface area (Å²) in [5.41, 5.74) is 6.50. The third-order valence-corrected chi connectivity index (χ3v) is 3.32. The van der Waals surface area contributed by atoms with Gasteiger partial charge in [-0.2, -0.15) is 0 Å². The highest BCUT2D eigenvalue weighted by atomic mass is 32.2. The first-order valence-corrected chi connectivity index (χ1v) is 5.67. The van der Waals surface area contributed by atoms with E-state index in [0.29, 0.717) is 6.54 Å². The van der Waals surface area contributed by atoms with E-state index in [4.69, 9.17) is 5.73 Å². The number of hydrogen-bond acceptors (Lipinski definition) is 3. The van der Waals surface area contributed by atoms with E-state index < -0.39 is 0 Å². The number of hydrogen-bond donors (Lipinski definition) is 1. The molecule has 0 saturated carbocycles. The Bertz CT molecular complexity index is 330. The predicted octanol–water partition coefficient (Wildman–Crippen LogP) is 1.70. The normalized spacial score (nSPS) is 15.4. The van der Waals surface area contributed by atoms with Crippen molar-refractivity contribution in [1.82, 2.24) is 0 Å². The number of nitrogens with zero attached hydrogens (tertiary/aromatic N) is 1. The quantitative estimate of drug-likeness (QED) is 0.809. The van der Waals surface area contributed by atoms with Crippen LogP contribution in [0.2, 0.25) is 0 Å². The summed E-state index contributed by atoms with van der Waals surface area (Å²) >= 11 is 1.78. The van der Waals surface area contributed by atoms with Gasteiger partial charge in [-0.25, -0.2) is 4.39 Å². The molecule has 0 saturated heterocycles. The van der Waals surface area contributed by atoms with E-state index >= 15 is 0 Å². The Morgan fingerprint density at radius 2 is 2.36 bits per heavy atom. The van der Waals surface area contributed by atoms with E-state index in [1.807, 2.05) is 6.07 Å². The largest absolute Gasteiger partial charge is 0.368 e. The number of thioether (sulfide) groups is 1. The van der Waals surface area contributed by atoms with Gasteiger partial charge in [-0.05, 0) is 18.2 Å². The first kappa shape index (κ1) is 9.80. The molecule has 0 unspecified atom stereocenters. The van der Waals surface area contributed by atoms with Gasteiger partial charge < -0.3 is 10.6 Å². The van der Waals surface area contributed by atoms with E-state index in [2.05, 4.69) is 4.90 Å². The molecular weight excluding hydrogens is 199 g/mol. The van der Waals surface area contributed by atoms with Crippen molar-refractivity contribution in [3.05, 3.63) is 24.0 Å². The Hall–Kier alpha value is -0.740. The lowest BCUT2D eigenvalue weighted by atomic mass is 10.2. The Balaban J connectivity index is 2.32. The molecule has 0 aromatic heterocycles. The van der Waals surface area contributed by atoms with Crippen LogP contribution in [0.1, 0.15) is 0 Å². The molecule has 2 N–H and O–H groups in total. The molecule has 0 amide bonds. The average molecular weight is 212 g/mol. The Morgan fingerprint density at radius 1 is 1.50 bits per heavy atom. The molecule has 0 spiro atoms. The maximum atomic E-state index is 13.0. The summed E-state index contributed by atoms with van der Waals surface area (Å²) in [5.74, 6) is 0.881. The van der Waals surface area contributed by atoms with Crippen molar-refractivity contribution in [3.8, 4) is 0 Å². The molecule has 0 bridgehead atoms. The molecule has 1 aliphatic heterocycles. The van der Waals surface area contributed by atoms with Gasteiger partial charge >= 0.3 is 0 Å². The molecule has 1 aromatic carbocycles. The molecule has 4 heteroatoms. The molecule has 1 aromatic rings. The van der Waals surface area contributed by atoms with Crippen LogP contribution in [-0.2, 0) is 0 Å². The number of halogens is 1. The predicted molar refractivity (Wildman–Crippen MR) is 58.4 cm³/mol. The summed E-state index contributed by atoms with van der Waals surface area (Å²) in [6, 6.07) is 4.95. The van der Waals surface area contributed by atoms with Gasteiger partial charge in [-0.15, -0.1) is 11.8 Å². The third-order valence-electron chi connectivity index (χ3n) is 2.28. The number of benzene rings is 1. The summed E-state index contributed by atoms with van der Waals surface area (Å²) in [6.45, 7) is 2.37. The highest BCUT2D eigenvalue weighted by Crippen LogP contribution is 2.34. The zero-order valence-corrected chi connectivity index (χ0v) is 8.69. The van der Waals surface area contributed by atoms with Gasteiger partial charge in [0, 0.05) is 30.3 Å². The SMILES string of the molecule is NCCN1CCSc2ccc(F)cc21. The topological polar surface area (TPSA) is 29.3 Å². The van der Waals surface area contributed by atoms with Crippen molar-refractivity contribution in [2.75, 3.05) is 30.3 Å². The van der Waals surface area contributed by atoms with Gasteiger partial charge in [0.05, 0.1) is 5.69 Å². The highest BCUT2D eigenvalue weighted by Gasteiger charge is 2.16. The molecular formula is C10H13FN2S. The molecule has 0 fully saturated rings. The minimum atomic E-state index is -0.173. The number of rotatable bonds is 2. The van der Waals surface area contributed by atoms with Crippen molar-refractivity contribution in [1.29, 1.82) is 0 Å². The van der Waals surface area contributed by atoms with Gasteiger partial charge in [0.25, 0.3) is 0 Å². The van der Waals surface area contributed by atoms with E-state index in [0.717, 1.165) is 29.4 Å². The second-order valence-electron chi connectivity index (χ2n) is 3.24. The second kappa shape index (κ2) is 4.19. The molecule has 1 heterocycles. The fraction of sp³-hybridized carbons (Fsp3) is 0.400. The van der Waals surface area contributed by atoms with Gasteiger partial charge in [-0.1, -0.05) is 0 Å². The molecule has 0 radical (unpaired) electrons. The summed E-state index contributed by atoms with van der Waals surface area (Å²) in [4.78, 5) is 3.31. The van der Waals surface area contributed by atoms with E-state index in [1.54, 1.807) is 17.8 Å². The van der Waals surface area contributed by atoms with Crippen LogP contribution in [0.5, 0.6) is 0 Å². The summed E-state index contributed by atoms with van der Waals surface area (Å²) in [6.07, 6.45) is 0. The van der Waals surface area contributed by atoms with Crippen molar-refractivity contribution in [2.24, 2.45) is 5.73 Å². The van der Waals surface area contributed by atoms with Gasteiger partial charge in [0.1, 0.15) is 5.82 Å².